The second kappa shape index (κ2) is 4.75. The van der Waals surface area contributed by atoms with Crippen LogP contribution in [0.1, 0.15) is 39.6 Å². The van der Waals surface area contributed by atoms with Gasteiger partial charge in [-0.1, -0.05) is 20.8 Å². The number of rotatable bonds is 2. The monoisotopic (exact) mass is 286 g/mol. The van der Waals surface area contributed by atoms with Gasteiger partial charge in [-0.2, -0.15) is 0 Å². The predicted molar refractivity (Wildman–Crippen MR) is 73.4 cm³/mol. The molecule has 0 saturated heterocycles. The van der Waals surface area contributed by atoms with Crippen LogP contribution in [0.25, 0.3) is 11.0 Å². The summed E-state index contributed by atoms with van der Waals surface area (Å²) in [6, 6.07) is 2.52. The lowest BCUT2D eigenvalue weighted by molar-refractivity contribution is 0.262. The van der Waals surface area contributed by atoms with Crippen molar-refractivity contribution < 1.29 is 8.78 Å². The quantitative estimate of drug-likeness (QED) is 0.734. The van der Waals surface area contributed by atoms with Gasteiger partial charge in [-0.05, 0) is 24.5 Å². The second-order valence-corrected chi connectivity index (χ2v) is 6.07. The van der Waals surface area contributed by atoms with Crippen molar-refractivity contribution in [2.75, 3.05) is 0 Å². The second-order valence-electron chi connectivity index (χ2n) is 5.80. The molecule has 5 heteroatoms. The molecular weight excluding hydrogens is 270 g/mol. The van der Waals surface area contributed by atoms with Crippen molar-refractivity contribution in [1.29, 1.82) is 0 Å². The van der Waals surface area contributed by atoms with Gasteiger partial charge in [-0.3, -0.25) is 0 Å². The summed E-state index contributed by atoms with van der Waals surface area (Å²) in [5.41, 5.74) is 0.511. The molecule has 0 aliphatic rings. The molecule has 19 heavy (non-hydrogen) atoms. The Kier molecular flexibility index (Phi) is 3.56. The van der Waals surface area contributed by atoms with Crippen molar-refractivity contribution in [2.45, 2.75) is 39.6 Å². The van der Waals surface area contributed by atoms with Gasteiger partial charge in [0.2, 0.25) is 0 Å². The lowest BCUT2D eigenvalue weighted by atomic mass is 9.87. The van der Waals surface area contributed by atoms with Crippen LogP contribution in [0.4, 0.5) is 8.78 Å². The minimum absolute atomic E-state index is 0.0532. The zero-order valence-corrected chi connectivity index (χ0v) is 12.2. The van der Waals surface area contributed by atoms with E-state index in [1.54, 1.807) is 4.57 Å². The zero-order chi connectivity index (χ0) is 14.4. The number of halogens is 3. The summed E-state index contributed by atoms with van der Waals surface area (Å²) in [5, 5.41) is 0. The van der Waals surface area contributed by atoms with E-state index >= 15 is 0 Å². The number of nitrogens with zero attached hydrogens (tertiary/aromatic N) is 2. The third-order valence-electron chi connectivity index (χ3n) is 3.58. The average Bonchev–Trinajstić information content (AvgIpc) is 2.70. The summed E-state index contributed by atoms with van der Waals surface area (Å²) < 4.78 is 29.2. The van der Waals surface area contributed by atoms with Crippen LogP contribution in [0.5, 0.6) is 0 Å². The van der Waals surface area contributed by atoms with Gasteiger partial charge < -0.3 is 4.57 Å². The molecular formula is C14H17ClF2N2. The van der Waals surface area contributed by atoms with Crippen molar-refractivity contribution in [3.05, 3.63) is 29.6 Å². The first kappa shape index (κ1) is 14.3. The number of benzene rings is 1. The summed E-state index contributed by atoms with van der Waals surface area (Å²) in [7, 11) is 0. The van der Waals surface area contributed by atoms with Crippen LogP contribution < -0.4 is 0 Å². The van der Waals surface area contributed by atoms with E-state index in [2.05, 4.69) is 4.98 Å². The topological polar surface area (TPSA) is 17.8 Å². The van der Waals surface area contributed by atoms with Crippen molar-refractivity contribution in [2.24, 2.45) is 5.41 Å². The van der Waals surface area contributed by atoms with Crippen LogP contribution in [-0.2, 0) is 5.88 Å². The highest BCUT2D eigenvalue weighted by atomic mass is 35.5. The number of imidazole rings is 1. The molecule has 1 atom stereocenters. The minimum Gasteiger partial charge on any atom is -0.321 e. The largest absolute Gasteiger partial charge is 0.321 e. The van der Waals surface area contributed by atoms with E-state index in [9.17, 15) is 8.78 Å². The molecule has 0 radical (unpaired) electrons. The number of fused-ring (bicyclic) bond motifs is 1. The molecule has 0 aliphatic heterocycles. The maximum atomic E-state index is 14.1. The van der Waals surface area contributed by atoms with E-state index in [0.29, 0.717) is 11.3 Å². The fourth-order valence-corrected chi connectivity index (χ4v) is 2.26. The van der Waals surface area contributed by atoms with E-state index in [0.717, 1.165) is 6.07 Å². The summed E-state index contributed by atoms with van der Waals surface area (Å²) >= 11 is 5.89. The van der Waals surface area contributed by atoms with Crippen LogP contribution >= 0.6 is 11.6 Å². The maximum Gasteiger partial charge on any atom is 0.184 e. The summed E-state index contributed by atoms with van der Waals surface area (Å²) in [4.78, 5) is 4.29. The van der Waals surface area contributed by atoms with Gasteiger partial charge in [0, 0.05) is 6.04 Å². The average molecular weight is 287 g/mol. The van der Waals surface area contributed by atoms with Crippen molar-refractivity contribution in [3.63, 3.8) is 0 Å². The number of aromatic nitrogens is 2. The van der Waals surface area contributed by atoms with E-state index in [1.165, 1.54) is 6.07 Å². The molecule has 0 aliphatic carbocycles. The first-order valence-corrected chi connectivity index (χ1v) is 6.71. The molecule has 0 spiro atoms. The highest BCUT2D eigenvalue weighted by Gasteiger charge is 2.27. The van der Waals surface area contributed by atoms with Gasteiger partial charge in [-0.15, -0.1) is 11.6 Å². The Morgan fingerprint density at radius 1 is 1.32 bits per heavy atom. The van der Waals surface area contributed by atoms with Crippen molar-refractivity contribution in [3.8, 4) is 0 Å². The zero-order valence-electron chi connectivity index (χ0n) is 11.5. The molecule has 0 N–H and O–H groups in total. The first-order chi connectivity index (χ1) is 8.77. The predicted octanol–water partition coefficient (Wildman–Crippen LogP) is 4.66. The number of hydrogen-bond donors (Lipinski definition) is 0. The fraction of sp³-hybridized carbons (Fsp3) is 0.500. The summed E-state index contributed by atoms with van der Waals surface area (Å²) in [6.45, 7) is 8.08. The molecule has 2 nitrogen and oxygen atoms in total. The van der Waals surface area contributed by atoms with Gasteiger partial charge in [0.15, 0.2) is 11.6 Å². The van der Waals surface area contributed by atoms with Gasteiger partial charge in [0.25, 0.3) is 0 Å². The molecule has 2 rings (SSSR count). The molecule has 1 unspecified atom stereocenters. The maximum absolute atomic E-state index is 14.1. The highest BCUT2D eigenvalue weighted by molar-refractivity contribution is 6.16. The third kappa shape index (κ3) is 2.34. The molecule has 0 bridgehead atoms. The molecule has 0 fully saturated rings. The van der Waals surface area contributed by atoms with E-state index in [-0.39, 0.29) is 22.9 Å². The smallest absolute Gasteiger partial charge is 0.184 e. The Balaban J connectivity index is 2.80. The minimum atomic E-state index is -0.865. The Labute approximate surface area is 116 Å². The Bertz CT molecular complexity index is 614. The van der Waals surface area contributed by atoms with Crippen LogP contribution in [0, 0.1) is 17.0 Å². The summed E-state index contributed by atoms with van der Waals surface area (Å²) in [5.74, 6) is -1.01. The standard InChI is InChI=1S/C14H17ClF2N2/c1-8(14(2,3)4)19-11(7-15)18-10-6-5-9(16)12(17)13(10)19/h5-6,8H,7H2,1-4H3. The SMILES string of the molecule is CC(n1c(CCl)nc2ccc(F)c(F)c21)C(C)(C)C. The first-order valence-electron chi connectivity index (χ1n) is 6.18. The molecule has 1 aromatic carbocycles. The Hall–Kier alpha value is -1.16. The molecule has 1 aromatic heterocycles. The third-order valence-corrected chi connectivity index (χ3v) is 3.82. The lowest BCUT2D eigenvalue weighted by Gasteiger charge is -2.30. The van der Waals surface area contributed by atoms with Gasteiger partial charge in [0.1, 0.15) is 11.3 Å². The fourth-order valence-electron chi connectivity index (χ4n) is 2.07. The van der Waals surface area contributed by atoms with Gasteiger partial charge >= 0.3 is 0 Å². The Morgan fingerprint density at radius 3 is 2.47 bits per heavy atom. The molecule has 2 aromatic rings. The van der Waals surface area contributed by atoms with Gasteiger partial charge in [0.05, 0.1) is 11.4 Å². The molecule has 0 amide bonds. The lowest BCUT2D eigenvalue weighted by Crippen LogP contribution is -2.23. The highest BCUT2D eigenvalue weighted by Crippen LogP contribution is 2.35. The molecule has 1 heterocycles. The van der Waals surface area contributed by atoms with Crippen LogP contribution in [0.3, 0.4) is 0 Å². The Morgan fingerprint density at radius 2 is 1.95 bits per heavy atom. The normalized spacial score (nSPS) is 14.1. The summed E-state index contributed by atoms with van der Waals surface area (Å²) in [6.07, 6.45) is 0. The van der Waals surface area contributed by atoms with E-state index < -0.39 is 11.6 Å². The van der Waals surface area contributed by atoms with E-state index in [4.69, 9.17) is 11.6 Å². The van der Waals surface area contributed by atoms with Crippen molar-refractivity contribution >= 4 is 22.6 Å². The van der Waals surface area contributed by atoms with Crippen molar-refractivity contribution in [1.82, 2.24) is 9.55 Å². The molecule has 104 valence electrons. The molecule has 0 saturated carbocycles. The van der Waals surface area contributed by atoms with Gasteiger partial charge in [-0.25, -0.2) is 13.8 Å². The number of alkyl halides is 1. The van der Waals surface area contributed by atoms with Crippen LogP contribution in [0.2, 0.25) is 0 Å². The number of hydrogen-bond acceptors (Lipinski definition) is 1. The van der Waals surface area contributed by atoms with Crippen LogP contribution in [-0.4, -0.2) is 9.55 Å². The van der Waals surface area contributed by atoms with Crippen LogP contribution in [0.15, 0.2) is 12.1 Å². The van der Waals surface area contributed by atoms with E-state index in [1.807, 2.05) is 27.7 Å².